The third-order valence-corrected chi connectivity index (χ3v) is 0.459. The van der Waals surface area contributed by atoms with E-state index in [1.54, 1.807) is 0 Å². The highest BCUT2D eigenvalue weighted by atomic mass is 16.2. The summed E-state index contributed by atoms with van der Waals surface area (Å²) in [5.74, 6) is -0.769. The van der Waals surface area contributed by atoms with E-state index >= 15 is 0 Å². The Bertz CT molecular complexity index is 117. The Morgan fingerprint density at radius 1 is 1.71 bits per heavy atom. The second kappa shape index (κ2) is 2.12. The molecule has 3 heteroatoms. The first-order valence-corrected chi connectivity index (χ1v) is 1.62. The first-order chi connectivity index (χ1) is 3.18. The van der Waals surface area contributed by atoms with Crippen molar-refractivity contribution in [2.75, 3.05) is 0 Å². The van der Waals surface area contributed by atoms with Crippen molar-refractivity contribution in [2.45, 2.75) is 0 Å². The lowest BCUT2D eigenvalue weighted by Gasteiger charge is -1.80. The minimum absolute atomic E-state index is 0.194. The molecule has 0 bridgehead atoms. The minimum atomic E-state index is -0.769. The molecular formula is C4H5NO2. The Morgan fingerprint density at radius 3 is 2.14 bits per heavy atom. The quantitative estimate of drug-likeness (QED) is 0.214. The van der Waals surface area contributed by atoms with E-state index in [0.717, 1.165) is 0 Å². The van der Waals surface area contributed by atoms with E-state index in [2.05, 4.69) is 12.3 Å². The second-order valence-electron chi connectivity index (χ2n) is 1.01. The smallest absolute Gasteiger partial charge is 0.251 e. The monoisotopic (exact) mass is 99.0 g/mol. The van der Waals surface area contributed by atoms with Gasteiger partial charge in [-0.2, -0.15) is 0 Å². The number of carbonyl (C=O) groups excluding carboxylic acids is 2. The van der Waals surface area contributed by atoms with Gasteiger partial charge in [-0.15, -0.1) is 0 Å². The highest BCUT2D eigenvalue weighted by molar-refractivity contribution is 6.08. The van der Waals surface area contributed by atoms with Crippen LogP contribution < -0.4 is 5.73 Å². The Labute approximate surface area is 40.8 Å². The molecule has 0 spiro atoms. The molecule has 38 valence electrons. The number of hydrogen-bond acceptors (Lipinski definition) is 2. The standard InChI is InChI=1S/C4H5NO2/c1-3(2-6)4(5)7/h2H,1H2,(H2,5,7). The third kappa shape index (κ3) is 1.70. The molecule has 0 aromatic rings. The lowest BCUT2D eigenvalue weighted by Crippen LogP contribution is -2.13. The molecule has 0 aromatic heterocycles. The number of aldehydes is 1. The maximum Gasteiger partial charge on any atom is 0.251 e. The summed E-state index contributed by atoms with van der Waals surface area (Å²) >= 11 is 0. The third-order valence-electron chi connectivity index (χ3n) is 0.459. The number of amides is 1. The lowest BCUT2D eigenvalue weighted by molar-refractivity contribution is -0.116. The fourth-order valence-electron chi connectivity index (χ4n) is 0.0581. The summed E-state index contributed by atoms with van der Waals surface area (Å²) in [6, 6.07) is 0. The zero-order valence-corrected chi connectivity index (χ0v) is 3.68. The van der Waals surface area contributed by atoms with Crippen LogP contribution in [0.1, 0.15) is 0 Å². The van der Waals surface area contributed by atoms with Crippen molar-refractivity contribution >= 4 is 12.2 Å². The van der Waals surface area contributed by atoms with Gasteiger partial charge in [-0.25, -0.2) is 0 Å². The lowest BCUT2D eigenvalue weighted by atomic mass is 10.3. The minimum Gasteiger partial charge on any atom is -0.366 e. The molecule has 2 N–H and O–H groups in total. The molecule has 0 aliphatic rings. The van der Waals surface area contributed by atoms with Gasteiger partial charge >= 0.3 is 0 Å². The summed E-state index contributed by atoms with van der Waals surface area (Å²) < 4.78 is 0. The number of primary amides is 1. The van der Waals surface area contributed by atoms with Gasteiger partial charge in [0, 0.05) is 0 Å². The molecule has 0 saturated carbocycles. The Balaban J connectivity index is 3.81. The predicted molar refractivity (Wildman–Crippen MR) is 24.4 cm³/mol. The van der Waals surface area contributed by atoms with Crippen molar-refractivity contribution < 1.29 is 9.59 Å². The fraction of sp³-hybridized carbons (Fsp3) is 0. The summed E-state index contributed by atoms with van der Waals surface area (Å²) in [5, 5.41) is 0. The van der Waals surface area contributed by atoms with Crippen LogP contribution in [0.5, 0.6) is 0 Å². The van der Waals surface area contributed by atoms with E-state index in [0.29, 0.717) is 6.29 Å². The van der Waals surface area contributed by atoms with Gasteiger partial charge in [-0.05, 0) is 0 Å². The maximum atomic E-state index is 9.82. The molecule has 0 atom stereocenters. The zero-order chi connectivity index (χ0) is 5.86. The highest BCUT2D eigenvalue weighted by Gasteiger charge is 1.94. The van der Waals surface area contributed by atoms with Crippen LogP contribution in [0.25, 0.3) is 0 Å². The van der Waals surface area contributed by atoms with E-state index in [1.165, 1.54) is 0 Å². The average Bonchev–Trinajstić information content (AvgIpc) is 1.65. The molecule has 1 amide bonds. The summed E-state index contributed by atoms with van der Waals surface area (Å²) in [4.78, 5) is 19.4. The maximum absolute atomic E-state index is 9.82. The van der Waals surface area contributed by atoms with Crippen LogP contribution in [-0.4, -0.2) is 12.2 Å². The molecule has 0 aliphatic carbocycles. The Kier molecular flexibility index (Phi) is 1.78. The van der Waals surface area contributed by atoms with Crippen LogP contribution in [0.3, 0.4) is 0 Å². The van der Waals surface area contributed by atoms with E-state index in [1.807, 2.05) is 0 Å². The van der Waals surface area contributed by atoms with Gasteiger partial charge in [-0.1, -0.05) is 6.58 Å². The van der Waals surface area contributed by atoms with E-state index in [9.17, 15) is 9.59 Å². The number of nitrogens with two attached hydrogens (primary N) is 1. The number of hydrogen-bond donors (Lipinski definition) is 1. The topological polar surface area (TPSA) is 60.2 Å². The highest BCUT2D eigenvalue weighted by Crippen LogP contribution is 1.75. The molecular weight excluding hydrogens is 94.0 g/mol. The van der Waals surface area contributed by atoms with Crippen molar-refractivity contribution in [1.82, 2.24) is 0 Å². The molecule has 0 unspecified atom stereocenters. The van der Waals surface area contributed by atoms with Crippen molar-refractivity contribution in [2.24, 2.45) is 5.73 Å². The van der Waals surface area contributed by atoms with Gasteiger partial charge < -0.3 is 5.73 Å². The van der Waals surface area contributed by atoms with Crippen LogP contribution in [0.15, 0.2) is 12.2 Å². The van der Waals surface area contributed by atoms with Gasteiger partial charge in [-0.3, -0.25) is 9.59 Å². The van der Waals surface area contributed by atoms with Crippen LogP contribution in [0.4, 0.5) is 0 Å². The fourth-order valence-corrected chi connectivity index (χ4v) is 0.0581. The molecule has 0 rings (SSSR count). The largest absolute Gasteiger partial charge is 0.366 e. The molecule has 0 fully saturated rings. The van der Waals surface area contributed by atoms with Crippen molar-refractivity contribution in [3.63, 3.8) is 0 Å². The molecule has 3 nitrogen and oxygen atoms in total. The summed E-state index contributed by atoms with van der Waals surface area (Å²) in [6.45, 7) is 3.03. The molecule has 0 radical (unpaired) electrons. The van der Waals surface area contributed by atoms with Gasteiger partial charge in [0.1, 0.15) is 0 Å². The van der Waals surface area contributed by atoms with Crippen LogP contribution >= 0.6 is 0 Å². The Morgan fingerprint density at radius 2 is 2.14 bits per heavy atom. The number of rotatable bonds is 2. The molecule has 7 heavy (non-hydrogen) atoms. The first-order valence-electron chi connectivity index (χ1n) is 1.62. The molecule has 0 aromatic carbocycles. The first kappa shape index (κ1) is 5.88. The van der Waals surface area contributed by atoms with E-state index in [4.69, 9.17) is 0 Å². The molecule has 0 saturated heterocycles. The SMILES string of the molecule is C=C(C=O)C(N)=O. The zero-order valence-electron chi connectivity index (χ0n) is 3.68. The second-order valence-corrected chi connectivity index (χ2v) is 1.01. The van der Waals surface area contributed by atoms with Gasteiger partial charge in [0.25, 0.3) is 5.91 Å². The average molecular weight is 99.1 g/mol. The number of carbonyl (C=O) groups is 2. The van der Waals surface area contributed by atoms with Gasteiger partial charge in [0.15, 0.2) is 6.29 Å². The van der Waals surface area contributed by atoms with Crippen LogP contribution in [0, 0.1) is 0 Å². The van der Waals surface area contributed by atoms with E-state index in [-0.39, 0.29) is 5.57 Å². The van der Waals surface area contributed by atoms with Gasteiger partial charge in [0.05, 0.1) is 5.57 Å². The van der Waals surface area contributed by atoms with Crippen molar-refractivity contribution in [3.8, 4) is 0 Å². The molecule has 0 heterocycles. The van der Waals surface area contributed by atoms with Crippen molar-refractivity contribution in [1.29, 1.82) is 0 Å². The summed E-state index contributed by atoms with van der Waals surface area (Å²) in [6.07, 6.45) is 0.322. The van der Waals surface area contributed by atoms with Crippen LogP contribution in [-0.2, 0) is 9.59 Å². The summed E-state index contributed by atoms with van der Waals surface area (Å²) in [7, 11) is 0. The predicted octanol–water partition coefficient (Wildman–Crippen LogP) is -0.773. The summed E-state index contributed by atoms with van der Waals surface area (Å²) in [5.41, 5.74) is 4.38. The van der Waals surface area contributed by atoms with Gasteiger partial charge in [0.2, 0.25) is 0 Å². The van der Waals surface area contributed by atoms with Crippen LogP contribution in [0.2, 0.25) is 0 Å². The van der Waals surface area contributed by atoms with Crippen molar-refractivity contribution in [3.05, 3.63) is 12.2 Å². The molecule has 0 aliphatic heterocycles. The normalized spacial score (nSPS) is 7.43. The van der Waals surface area contributed by atoms with E-state index < -0.39 is 5.91 Å². The Hall–Kier alpha value is -1.12.